The molecule has 0 amide bonds. The monoisotopic (exact) mass is 360 g/mol. The van der Waals surface area contributed by atoms with Crippen LogP contribution in [0.3, 0.4) is 0 Å². The molecule has 0 aliphatic heterocycles. The molecule has 136 valence electrons. The lowest BCUT2D eigenvalue weighted by Crippen LogP contribution is -1.95. The van der Waals surface area contributed by atoms with Crippen LogP contribution in [0.5, 0.6) is 0 Å². The standard InChI is InChI=1S/C9H10ClF.C9H10F2.2CH4/c2*1-6(2)7-4-3-5-8(10)9(7)11;;/h2*3-6H,1-2H3;2*1H4. The van der Waals surface area contributed by atoms with Crippen LogP contribution in [-0.2, 0) is 0 Å². The van der Waals surface area contributed by atoms with Gasteiger partial charge in [-0.1, -0.05) is 78.4 Å². The molecule has 0 nitrogen and oxygen atoms in total. The SMILES string of the molecule is C.C.CC(C)c1cccc(Cl)c1F.CC(C)c1cccc(F)c1F. The summed E-state index contributed by atoms with van der Waals surface area (Å²) in [6.45, 7) is 7.54. The van der Waals surface area contributed by atoms with E-state index in [2.05, 4.69) is 0 Å². The highest BCUT2D eigenvalue weighted by atomic mass is 35.5. The van der Waals surface area contributed by atoms with Gasteiger partial charge in [-0.05, 0) is 35.1 Å². The molecule has 0 saturated heterocycles. The molecule has 0 bridgehead atoms. The molecule has 0 N–H and O–H groups in total. The minimum Gasteiger partial charge on any atom is -0.205 e. The molecule has 2 rings (SSSR count). The summed E-state index contributed by atoms with van der Waals surface area (Å²) in [6, 6.07) is 9.33. The second-order valence-electron chi connectivity index (χ2n) is 5.60. The Morgan fingerprint density at radius 3 is 1.50 bits per heavy atom. The van der Waals surface area contributed by atoms with Gasteiger partial charge in [-0.15, -0.1) is 0 Å². The first-order valence-corrected chi connectivity index (χ1v) is 7.51. The van der Waals surface area contributed by atoms with Gasteiger partial charge in [-0.3, -0.25) is 0 Å². The molecule has 0 heterocycles. The lowest BCUT2D eigenvalue weighted by Gasteiger charge is -2.06. The van der Waals surface area contributed by atoms with Crippen LogP contribution in [0.2, 0.25) is 5.02 Å². The van der Waals surface area contributed by atoms with E-state index in [-0.39, 0.29) is 37.5 Å². The molecule has 0 spiro atoms. The maximum absolute atomic E-state index is 13.1. The van der Waals surface area contributed by atoms with E-state index < -0.39 is 11.6 Å². The quantitative estimate of drug-likeness (QED) is 0.509. The first kappa shape index (κ1) is 24.8. The first-order valence-electron chi connectivity index (χ1n) is 7.13. The van der Waals surface area contributed by atoms with Crippen molar-refractivity contribution in [2.24, 2.45) is 0 Å². The Morgan fingerprint density at radius 1 is 0.708 bits per heavy atom. The van der Waals surface area contributed by atoms with Crippen molar-refractivity contribution in [3.63, 3.8) is 0 Å². The van der Waals surface area contributed by atoms with E-state index in [0.717, 1.165) is 6.07 Å². The Bertz CT molecular complexity index is 567. The fourth-order valence-electron chi connectivity index (χ4n) is 1.93. The average Bonchev–Trinajstić information content (AvgIpc) is 2.45. The Labute approximate surface area is 149 Å². The molecule has 0 saturated carbocycles. The smallest absolute Gasteiger partial charge is 0.162 e. The highest BCUT2D eigenvalue weighted by Crippen LogP contribution is 2.23. The van der Waals surface area contributed by atoms with Crippen molar-refractivity contribution in [2.45, 2.75) is 54.4 Å². The molecular weight excluding hydrogens is 333 g/mol. The molecule has 0 atom stereocenters. The summed E-state index contributed by atoms with van der Waals surface area (Å²) in [5, 5.41) is 0.205. The lowest BCUT2D eigenvalue weighted by atomic mass is 10.0. The molecule has 0 aliphatic rings. The average molecular weight is 361 g/mol. The molecule has 4 heteroatoms. The molecule has 0 aromatic heterocycles. The summed E-state index contributed by atoms with van der Waals surface area (Å²) in [7, 11) is 0. The molecule has 0 unspecified atom stereocenters. The number of hydrogen-bond donors (Lipinski definition) is 0. The van der Waals surface area contributed by atoms with Crippen molar-refractivity contribution >= 4 is 11.6 Å². The van der Waals surface area contributed by atoms with E-state index in [0.29, 0.717) is 11.1 Å². The van der Waals surface area contributed by atoms with Gasteiger partial charge < -0.3 is 0 Å². The van der Waals surface area contributed by atoms with Crippen molar-refractivity contribution in [2.75, 3.05) is 0 Å². The van der Waals surface area contributed by atoms with Crippen molar-refractivity contribution in [3.8, 4) is 0 Å². The Kier molecular flexibility index (Phi) is 11.5. The lowest BCUT2D eigenvalue weighted by molar-refractivity contribution is 0.494. The van der Waals surface area contributed by atoms with E-state index >= 15 is 0 Å². The highest BCUT2D eigenvalue weighted by molar-refractivity contribution is 6.30. The molecule has 0 radical (unpaired) electrons. The van der Waals surface area contributed by atoms with Crippen LogP contribution in [-0.4, -0.2) is 0 Å². The summed E-state index contributed by atoms with van der Waals surface area (Å²) in [6.07, 6.45) is 0. The van der Waals surface area contributed by atoms with Gasteiger partial charge in [-0.25, -0.2) is 13.2 Å². The van der Waals surface area contributed by atoms with Crippen LogP contribution in [0.4, 0.5) is 13.2 Å². The Balaban J connectivity index is 0. The van der Waals surface area contributed by atoms with Crippen LogP contribution >= 0.6 is 11.6 Å². The third-order valence-corrected chi connectivity index (χ3v) is 3.50. The van der Waals surface area contributed by atoms with Gasteiger partial charge in [0, 0.05) is 0 Å². The van der Waals surface area contributed by atoms with Crippen LogP contribution < -0.4 is 0 Å². The van der Waals surface area contributed by atoms with Crippen molar-refractivity contribution < 1.29 is 13.2 Å². The number of benzene rings is 2. The minimum atomic E-state index is -0.767. The van der Waals surface area contributed by atoms with E-state index in [4.69, 9.17) is 11.6 Å². The summed E-state index contributed by atoms with van der Waals surface area (Å²) in [5.41, 5.74) is 1.11. The van der Waals surface area contributed by atoms with Gasteiger partial charge in [0.2, 0.25) is 0 Å². The van der Waals surface area contributed by atoms with Gasteiger partial charge in [0.05, 0.1) is 5.02 Å². The third-order valence-electron chi connectivity index (χ3n) is 3.21. The second kappa shape index (κ2) is 11.1. The molecule has 24 heavy (non-hydrogen) atoms. The van der Waals surface area contributed by atoms with E-state index in [1.807, 2.05) is 27.7 Å². The topological polar surface area (TPSA) is 0 Å². The van der Waals surface area contributed by atoms with Crippen molar-refractivity contribution in [3.05, 3.63) is 70.0 Å². The molecule has 2 aromatic rings. The van der Waals surface area contributed by atoms with Crippen LogP contribution in [0.15, 0.2) is 36.4 Å². The van der Waals surface area contributed by atoms with Gasteiger partial charge >= 0.3 is 0 Å². The maximum Gasteiger partial charge on any atom is 0.162 e. The second-order valence-corrected chi connectivity index (χ2v) is 6.00. The molecular formula is C20H28ClF3. The van der Waals surface area contributed by atoms with Crippen molar-refractivity contribution in [1.29, 1.82) is 0 Å². The van der Waals surface area contributed by atoms with Crippen LogP contribution in [0, 0.1) is 17.5 Å². The fourth-order valence-corrected chi connectivity index (χ4v) is 2.11. The number of hydrogen-bond acceptors (Lipinski definition) is 0. The van der Waals surface area contributed by atoms with E-state index in [1.54, 1.807) is 24.3 Å². The normalized spacial score (nSPS) is 9.75. The van der Waals surface area contributed by atoms with Gasteiger partial charge in [-0.2, -0.15) is 0 Å². The number of halogens is 4. The predicted octanol–water partition coefficient (Wildman–Crippen LogP) is 7.96. The summed E-state index contributed by atoms with van der Waals surface area (Å²) in [5.74, 6) is -1.55. The van der Waals surface area contributed by atoms with Gasteiger partial charge in [0.1, 0.15) is 5.82 Å². The molecule has 0 fully saturated rings. The van der Waals surface area contributed by atoms with Gasteiger partial charge in [0.15, 0.2) is 11.6 Å². The summed E-state index contributed by atoms with van der Waals surface area (Å²) >= 11 is 5.58. The number of rotatable bonds is 2. The first-order chi connectivity index (χ1) is 10.3. The predicted molar refractivity (Wildman–Crippen MR) is 99.4 cm³/mol. The zero-order valence-electron chi connectivity index (χ0n) is 13.1. The van der Waals surface area contributed by atoms with Crippen LogP contribution in [0.25, 0.3) is 0 Å². The summed E-state index contributed by atoms with van der Waals surface area (Å²) < 4.78 is 38.6. The van der Waals surface area contributed by atoms with E-state index in [9.17, 15) is 13.2 Å². The minimum absolute atomic E-state index is 0. The third kappa shape index (κ3) is 6.56. The van der Waals surface area contributed by atoms with E-state index in [1.165, 1.54) is 6.07 Å². The van der Waals surface area contributed by atoms with Gasteiger partial charge in [0.25, 0.3) is 0 Å². The largest absolute Gasteiger partial charge is 0.205 e. The summed E-state index contributed by atoms with van der Waals surface area (Å²) in [4.78, 5) is 0. The Hall–Kier alpha value is -1.48. The highest BCUT2D eigenvalue weighted by Gasteiger charge is 2.09. The fraction of sp³-hybridized carbons (Fsp3) is 0.400. The maximum atomic E-state index is 13.1. The van der Waals surface area contributed by atoms with Crippen LogP contribution in [0.1, 0.15) is 65.5 Å². The molecule has 2 aromatic carbocycles. The Morgan fingerprint density at radius 2 is 1.12 bits per heavy atom. The zero-order chi connectivity index (χ0) is 16.9. The van der Waals surface area contributed by atoms with Crippen molar-refractivity contribution in [1.82, 2.24) is 0 Å². The zero-order valence-corrected chi connectivity index (χ0v) is 13.9. The molecule has 0 aliphatic carbocycles.